The molecule has 0 aliphatic carbocycles. The van der Waals surface area contributed by atoms with E-state index in [4.69, 9.17) is 5.11 Å². The van der Waals surface area contributed by atoms with Gasteiger partial charge in [-0.2, -0.15) is 0 Å². The van der Waals surface area contributed by atoms with Crippen molar-refractivity contribution in [2.75, 3.05) is 0 Å². The van der Waals surface area contributed by atoms with Crippen molar-refractivity contribution in [3.05, 3.63) is 35.9 Å². The fourth-order valence-corrected chi connectivity index (χ4v) is 1.73. The minimum absolute atomic E-state index is 0.283. The molecule has 0 bridgehead atoms. The van der Waals surface area contributed by atoms with Crippen LogP contribution in [0.2, 0.25) is 0 Å². The van der Waals surface area contributed by atoms with Crippen LogP contribution in [0.15, 0.2) is 30.3 Å². The summed E-state index contributed by atoms with van der Waals surface area (Å²) >= 11 is 0. The molecule has 0 aromatic heterocycles. The summed E-state index contributed by atoms with van der Waals surface area (Å²) in [4.78, 5) is 10.5. The molecule has 1 aromatic rings. The summed E-state index contributed by atoms with van der Waals surface area (Å²) < 4.78 is 0. The Morgan fingerprint density at radius 3 is 2.53 bits per heavy atom. The van der Waals surface area contributed by atoms with E-state index in [1.165, 1.54) is 5.56 Å². The highest BCUT2D eigenvalue weighted by atomic mass is 16.4. The zero-order valence-corrected chi connectivity index (χ0v) is 9.15. The van der Waals surface area contributed by atoms with Gasteiger partial charge in [-0.3, -0.25) is 4.79 Å². The lowest BCUT2D eigenvalue weighted by molar-refractivity contribution is -0.137. The van der Waals surface area contributed by atoms with Crippen LogP contribution < -0.4 is 0 Å². The first kappa shape index (κ1) is 11.8. The van der Waals surface area contributed by atoms with Gasteiger partial charge in [0.25, 0.3) is 0 Å². The van der Waals surface area contributed by atoms with Gasteiger partial charge < -0.3 is 5.11 Å². The molecule has 1 N–H and O–H groups in total. The molecule has 0 aliphatic heterocycles. The summed E-state index contributed by atoms with van der Waals surface area (Å²) in [5.74, 6) is -0.204. The minimum atomic E-state index is -0.693. The number of hydrogen-bond acceptors (Lipinski definition) is 1. The first-order chi connectivity index (χ1) is 7.22. The van der Waals surface area contributed by atoms with Gasteiger partial charge in [-0.15, -0.1) is 0 Å². The maximum absolute atomic E-state index is 10.5. The van der Waals surface area contributed by atoms with Crippen molar-refractivity contribution < 1.29 is 9.90 Å². The second-order valence-electron chi connectivity index (χ2n) is 3.90. The monoisotopic (exact) mass is 206 g/mol. The molecule has 0 aliphatic rings. The van der Waals surface area contributed by atoms with E-state index in [1.54, 1.807) is 0 Å². The highest BCUT2D eigenvalue weighted by Gasteiger charge is 2.09. The molecule has 1 atom stereocenters. The van der Waals surface area contributed by atoms with Crippen molar-refractivity contribution in [3.63, 3.8) is 0 Å². The largest absolute Gasteiger partial charge is 0.481 e. The fourth-order valence-electron chi connectivity index (χ4n) is 1.73. The highest BCUT2D eigenvalue weighted by molar-refractivity contribution is 5.66. The van der Waals surface area contributed by atoms with E-state index in [-0.39, 0.29) is 6.42 Å². The lowest BCUT2D eigenvalue weighted by atomic mass is 9.93. The van der Waals surface area contributed by atoms with Gasteiger partial charge in [0, 0.05) is 6.42 Å². The van der Waals surface area contributed by atoms with Gasteiger partial charge in [0.05, 0.1) is 0 Å². The van der Waals surface area contributed by atoms with Gasteiger partial charge in [-0.25, -0.2) is 0 Å². The Hall–Kier alpha value is -1.31. The van der Waals surface area contributed by atoms with Crippen molar-refractivity contribution >= 4 is 5.97 Å². The number of hydrogen-bond donors (Lipinski definition) is 1. The first-order valence-corrected chi connectivity index (χ1v) is 5.48. The zero-order chi connectivity index (χ0) is 11.1. The molecule has 0 amide bonds. The summed E-state index contributed by atoms with van der Waals surface area (Å²) in [7, 11) is 0. The Morgan fingerprint density at radius 2 is 2.00 bits per heavy atom. The molecular formula is C13H18O2. The Kier molecular flexibility index (Phi) is 4.88. The molecule has 0 spiro atoms. The van der Waals surface area contributed by atoms with E-state index >= 15 is 0 Å². The SMILES string of the molecule is CC[C@H](CCC(=O)O)Cc1ccccc1. The van der Waals surface area contributed by atoms with Crippen molar-refractivity contribution in [3.8, 4) is 0 Å². The quantitative estimate of drug-likeness (QED) is 0.776. The third-order valence-corrected chi connectivity index (χ3v) is 2.71. The maximum Gasteiger partial charge on any atom is 0.303 e. The number of aliphatic carboxylic acids is 1. The van der Waals surface area contributed by atoms with E-state index in [0.29, 0.717) is 5.92 Å². The fraction of sp³-hybridized carbons (Fsp3) is 0.462. The maximum atomic E-state index is 10.5. The van der Waals surface area contributed by atoms with Crippen molar-refractivity contribution in [2.45, 2.75) is 32.6 Å². The lowest BCUT2D eigenvalue weighted by Gasteiger charge is -2.13. The molecule has 82 valence electrons. The summed E-state index contributed by atoms with van der Waals surface area (Å²) in [6, 6.07) is 10.3. The topological polar surface area (TPSA) is 37.3 Å². The molecular weight excluding hydrogens is 188 g/mol. The number of carbonyl (C=O) groups is 1. The molecule has 0 radical (unpaired) electrons. The van der Waals surface area contributed by atoms with E-state index < -0.39 is 5.97 Å². The molecule has 0 heterocycles. The predicted octanol–water partition coefficient (Wildman–Crippen LogP) is 3.12. The lowest BCUT2D eigenvalue weighted by Crippen LogP contribution is -2.06. The van der Waals surface area contributed by atoms with Gasteiger partial charge in [0.1, 0.15) is 0 Å². The van der Waals surface area contributed by atoms with Crippen molar-refractivity contribution in [2.24, 2.45) is 5.92 Å². The Labute approximate surface area is 90.9 Å². The number of carboxylic acids is 1. The zero-order valence-electron chi connectivity index (χ0n) is 9.15. The normalized spacial score (nSPS) is 12.3. The third-order valence-electron chi connectivity index (χ3n) is 2.71. The summed E-state index contributed by atoms with van der Waals surface area (Å²) in [5.41, 5.74) is 1.30. The molecule has 15 heavy (non-hydrogen) atoms. The number of rotatable bonds is 6. The van der Waals surface area contributed by atoms with E-state index in [9.17, 15) is 4.79 Å². The van der Waals surface area contributed by atoms with Crippen LogP contribution in [0.25, 0.3) is 0 Å². The van der Waals surface area contributed by atoms with Gasteiger partial charge in [0.15, 0.2) is 0 Å². The van der Waals surface area contributed by atoms with Crippen molar-refractivity contribution in [1.82, 2.24) is 0 Å². The standard InChI is InChI=1S/C13H18O2/c1-2-11(8-9-13(14)15)10-12-6-4-3-5-7-12/h3-7,11H,2,8-10H2,1H3,(H,14,15)/t11-/m1/s1. The van der Waals surface area contributed by atoms with Crippen molar-refractivity contribution in [1.29, 1.82) is 0 Å². The molecule has 0 fully saturated rings. The predicted molar refractivity (Wildman–Crippen MR) is 60.8 cm³/mol. The summed E-state index contributed by atoms with van der Waals surface area (Å²) in [6.45, 7) is 2.12. The third kappa shape index (κ3) is 4.63. The average molecular weight is 206 g/mol. The molecule has 1 rings (SSSR count). The Bertz CT molecular complexity index is 293. The van der Waals surface area contributed by atoms with E-state index in [0.717, 1.165) is 19.3 Å². The Morgan fingerprint density at radius 1 is 1.33 bits per heavy atom. The second kappa shape index (κ2) is 6.23. The molecule has 0 unspecified atom stereocenters. The summed E-state index contributed by atoms with van der Waals surface area (Å²) in [6.07, 6.45) is 3.10. The van der Waals surface area contributed by atoms with Crippen LogP contribution >= 0.6 is 0 Å². The number of benzene rings is 1. The molecule has 1 aromatic carbocycles. The van der Waals surface area contributed by atoms with Crippen LogP contribution in [-0.2, 0) is 11.2 Å². The number of carboxylic acid groups (broad SMARTS) is 1. The van der Waals surface area contributed by atoms with Gasteiger partial charge >= 0.3 is 5.97 Å². The van der Waals surface area contributed by atoms with E-state index in [2.05, 4.69) is 19.1 Å². The van der Waals surface area contributed by atoms with Gasteiger partial charge in [-0.05, 0) is 24.3 Å². The van der Waals surface area contributed by atoms with Crippen LogP contribution in [0, 0.1) is 5.92 Å². The van der Waals surface area contributed by atoms with Crippen LogP contribution in [0.1, 0.15) is 31.7 Å². The molecule has 2 heteroatoms. The minimum Gasteiger partial charge on any atom is -0.481 e. The average Bonchev–Trinajstić information content (AvgIpc) is 2.25. The van der Waals surface area contributed by atoms with Crippen LogP contribution in [0.3, 0.4) is 0 Å². The molecule has 0 saturated carbocycles. The van der Waals surface area contributed by atoms with Crippen LogP contribution in [0.4, 0.5) is 0 Å². The summed E-state index contributed by atoms with van der Waals surface area (Å²) in [5, 5.41) is 8.62. The van der Waals surface area contributed by atoms with Crippen LogP contribution in [0.5, 0.6) is 0 Å². The smallest absolute Gasteiger partial charge is 0.303 e. The van der Waals surface area contributed by atoms with Gasteiger partial charge in [-0.1, -0.05) is 43.7 Å². The van der Waals surface area contributed by atoms with Gasteiger partial charge in [0.2, 0.25) is 0 Å². The van der Waals surface area contributed by atoms with E-state index in [1.807, 2.05) is 18.2 Å². The molecule has 2 nitrogen and oxygen atoms in total. The van der Waals surface area contributed by atoms with Crippen LogP contribution in [-0.4, -0.2) is 11.1 Å². The first-order valence-electron chi connectivity index (χ1n) is 5.48. The molecule has 0 saturated heterocycles. The Balaban J connectivity index is 2.43. The highest BCUT2D eigenvalue weighted by Crippen LogP contribution is 2.17. The second-order valence-corrected chi connectivity index (χ2v) is 3.90.